The molecule has 1 aromatic heterocycles. The van der Waals surface area contributed by atoms with E-state index in [9.17, 15) is 4.79 Å². The molecule has 0 aliphatic heterocycles. The topological polar surface area (TPSA) is 49.0 Å². The van der Waals surface area contributed by atoms with Crippen LogP contribution in [0.1, 0.15) is 33.6 Å². The minimum atomic E-state index is -0.255. The van der Waals surface area contributed by atoms with Gasteiger partial charge in [-0.05, 0) is 33.6 Å². The number of methoxy groups -OCH3 is 1. The van der Waals surface area contributed by atoms with Crippen LogP contribution in [0.4, 0.5) is 0 Å². The fourth-order valence-corrected chi connectivity index (χ4v) is 1.48. The summed E-state index contributed by atoms with van der Waals surface area (Å²) in [6, 6.07) is 0. The predicted molar refractivity (Wildman–Crippen MR) is 62.6 cm³/mol. The molecule has 0 spiro atoms. The molecule has 1 heterocycles. The molecule has 0 unspecified atom stereocenters. The summed E-state index contributed by atoms with van der Waals surface area (Å²) in [6.45, 7) is 7.35. The van der Waals surface area contributed by atoms with Gasteiger partial charge in [-0.15, -0.1) is 0 Å². The lowest BCUT2D eigenvalue weighted by atomic mass is 10.1. The largest absolute Gasteiger partial charge is 0.385 e. The van der Waals surface area contributed by atoms with Crippen LogP contribution < -0.4 is 5.69 Å². The summed E-state index contributed by atoms with van der Waals surface area (Å²) in [5.74, 6) is 0. The summed E-state index contributed by atoms with van der Waals surface area (Å²) in [5.41, 5.74) is -0.292. The van der Waals surface area contributed by atoms with E-state index in [4.69, 9.17) is 4.74 Å². The Morgan fingerprint density at radius 3 is 2.56 bits per heavy atom. The molecule has 0 aliphatic rings. The van der Waals surface area contributed by atoms with E-state index in [2.05, 4.69) is 5.10 Å². The zero-order chi connectivity index (χ0) is 12.2. The molecule has 0 N–H and O–H groups in total. The average Bonchev–Trinajstić information content (AvgIpc) is 2.54. The second kappa shape index (κ2) is 5.30. The van der Waals surface area contributed by atoms with Gasteiger partial charge in [-0.1, -0.05) is 0 Å². The Labute approximate surface area is 96.0 Å². The van der Waals surface area contributed by atoms with E-state index in [-0.39, 0.29) is 11.2 Å². The van der Waals surface area contributed by atoms with Crippen LogP contribution in [0.5, 0.6) is 0 Å². The van der Waals surface area contributed by atoms with Crippen molar-refractivity contribution in [2.24, 2.45) is 0 Å². The summed E-state index contributed by atoms with van der Waals surface area (Å²) in [4.78, 5) is 11.9. The fraction of sp³-hybridized carbons (Fsp3) is 0.818. The van der Waals surface area contributed by atoms with E-state index in [1.54, 1.807) is 18.0 Å². The Morgan fingerprint density at radius 2 is 2.06 bits per heavy atom. The molecule has 5 nitrogen and oxygen atoms in total. The Bertz CT molecular complexity index is 373. The molecule has 0 saturated carbocycles. The SMILES string of the molecule is COCCCCn1cnn(C(C)(C)C)c1=O. The molecule has 0 fully saturated rings. The first-order chi connectivity index (χ1) is 7.46. The van der Waals surface area contributed by atoms with Gasteiger partial charge in [0.2, 0.25) is 0 Å². The molecule has 0 aliphatic carbocycles. The Kier molecular flexibility index (Phi) is 4.29. The van der Waals surface area contributed by atoms with Crippen molar-refractivity contribution in [3.8, 4) is 0 Å². The maximum atomic E-state index is 11.9. The molecule has 0 bridgehead atoms. The van der Waals surface area contributed by atoms with Crippen LogP contribution in [0.25, 0.3) is 0 Å². The van der Waals surface area contributed by atoms with E-state index >= 15 is 0 Å². The number of hydrogen-bond acceptors (Lipinski definition) is 3. The summed E-state index contributed by atoms with van der Waals surface area (Å²) < 4.78 is 8.13. The summed E-state index contributed by atoms with van der Waals surface area (Å²) >= 11 is 0. The first kappa shape index (κ1) is 13.0. The number of hydrogen-bond donors (Lipinski definition) is 0. The lowest BCUT2D eigenvalue weighted by Gasteiger charge is -2.16. The van der Waals surface area contributed by atoms with Gasteiger partial charge < -0.3 is 4.74 Å². The number of unbranched alkanes of at least 4 members (excludes halogenated alkanes) is 1. The normalized spacial score (nSPS) is 12.0. The van der Waals surface area contributed by atoms with E-state index in [0.29, 0.717) is 6.54 Å². The van der Waals surface area contributed by atoms with Crippen LogP contribution in [0.3, 0.4) is 0 Å². The Hall–Kier alpha value is -1.10. The second-order valence-electron chi connectivity index (χ2n) is 4.89. The summed E-state index contributed by atoms with van der Waals surface area (Å²) in [7, 11) is 1.68. The van der Waals surface area contributed by atoms with Gasteiger partial charge in [-0.25, -0.2) is 9.48 Å². The van der Waals surface area contributed by atoms with Crippen LogP contribution in [-0.4, -0.2) is 28.1 Å². The molecule has 0 amide bonds. The zero-order valence-corrected chi connectivity index (χ0v) is 10.6. The molecular weight excluding hydrogens is 206 g/mol. The average molecular weight is 227 g/mol. The quantitative estimate of drug-likeness (QED) is 0.711. The van der Waals surface area contributed by atoms with Crippen molar-refractivity contribution in [1.82, 2.24) is 14.3 Å². The molecule has 0 atom stereocenters. The highest BCUT2D eigenvalue weighted by molar-refractivity contribution is 4.77. The first-order valence-electron chi connectivity index (χ1n) is 5.60. The highest BCUT2D eigenvalue weighted by Crippen LogP contribution is 2.08. The third-order valence-electron chi connectivity index (χ3n) is 2.37. The van der Waals surface area contributed by atoms with E-state index < -0.39 is 0 Å². The van der Waals surface area contributed by atoms with Crippen molar-refractivity contribution in [3.05, 3.63) is 16.8 Å². The van der Waals surface area contributed by atoms with Crippen LogP contribution in [0.2, 0.25) is 0 Å². The Morgan fingerprint density at radius 1 is 1.38 bits per heavy atom. The monoisotopic (exact) mass is 227 g/mol. The third-order valence-corrected chi connectivity index (χ3v) is 2.37. The van der Waals surface area contributed by atoms with Crippen molar-refractivity contribution in [2.75, 3.05) is 13.7 Å². The number of rotatable bonds is 5. The smallest absolute Gasteiger partial charge is 0.346 e. The van der Waals surface area contributed by atoms with Crippen molar-refractivity contribution in [3.63, 3.8) is 0 Å². The van der Waals surface area contributed by atoms with Gasteiger partial charge in [-0.3, -0.25) is 4.57 Å². The number of aromatic nitrogens is 3. The van der Waals surface area contributed by atoms with Gasteiger partial charge in [0.15, 0.2) is 0 Å². The van der Waals surface area contributed by atoms with Crippen molar-refractivity contribution < 1.29 is 4.74 Å². The van der Waals surface area contributed by atoms with Gasteiger partial charge in [0.1, 0.15) is 6.33 Å². The highest BCUT2D eigenvalue weighted by Gasteiger charge is 2.18. The summed E-state index contributed by atoms with van der Waals surface area (Å²) in [5, 5.41) is 4.12. The zero-order valence-electron chi connectivity index (χ0n) is 10.6. The van der Waals surface area contributed by atoms with E-state index in [1.807, 2.05) is 20.8 Å². The van der Waals surface area contributed by atoms with Crippen molar-refractivity contribution >= 4 is 0 Å². The molecular formula is C11H21N3O2. The minimum Gasteiger partial charge on any atom is -0.385 e. The maximum Gasteiger partial charge on any atom is 0.346 e. The van der Waals surface area contributed by atoms with Gasteiger partial charge in [-0.2, -0.15) is 5.10 Å². The van der Waals surface area contributed by atoms with Crippen LogP contribution in [0.15, 0.2) is 11.1 Å². The van der Waals surface area contributed by atoms with Gasteiger partial charge in [0.05, 0.1) is 5.54 Å². The number of aryl methyl sites for hydroxylation is 1. The maximum absolute atomic E-state index is 11.9. The fourth-order valence-electron chi connectivity index (χ4n) is 1.48. The molecule has 16 heavy (non-hydrogen) atoms. The minimum absolute atomic E-state index is 0.0371. The molecule has 1 rings (SSSR count). The van der Waals surface area contributed by atoms with Gasteiger partial charge in [0.25, 0.3) is 0 Å². The van der Waals surface area contributed by atoms with Gasteiger partial charge >= 0.3 is 5.69 Å². The molecule has 0 aromatic carbocycles. The molecule has 0 saturated heterocycles. The van der Waals surface area contributed by atoms with E-state index in [0.717, 1.165) is 19.4 Å². The van der Waals surface area contributed by atoms with Crippen LogP contribution in [-0.2, 0) is 16.8 Å². The lowest BCUT2D eigenvalue weighted by Crippen LogP contribution is -2.35. The van der Waals surface area contributed by atoms with Gasteiger partial charge in [0, 0.05) is 20.3 Å². The van der Waals surface area contributed by atoms with Crippen LogP contribution in [0, 0.1) is 0 Å². The molecule has 92 valence electrons. The lowest BCUT2D eigenvalue weighted by molar-refractivity contribution is 0.191. The standard InChI is InChI=1S/C11H21N3O2/c1-11(2,3)14-10(15)13(9-12-14)7-5-6-8-16-4/h9H,5-8H2,1-4H3. The van der Waals surface area contributed by atoms with Crippen molar-refractivity contribution in [2.45, 2.75) is 45.7 Å². The molecule has 5 heteroatoms. The number of ether oxygens (including phenoxy) is 1. The Balaban J connectivity index is 2.63. The van der Waals surface area contributed by atoms with Crippen LogP contribution >= 0.6 is 0 Å². The number of nitrogens with zero attached hydrogens (tertiary/aromatic N) is 3. The first-order valence-corrected chi connectivity index (χ1v) is 5.60. The predicted octanol–water partition coefficient (Wildman–Crippen LogP) is 1.23. The molecule has 1 aromatic rings. The highest BCUT2D eigenvalue weighted by atomic mass is 16.5. The second-order valence-corrected chi connectivity index (χ2v) is 4.89. The van der Waals surface area contributed by atoms with Crippen molar-refractivity contribution in [1.29, 1.82) is 0 Å². The summed E-state index contributed by atoms with van der Waals surface area (Å²) in [6.07, 6.45) is 3.51. The third kappa shape index (κ3) is 3.20. The molecule has 0 radical (unpaired) electrons. The van der Waals surface area contributed by atoms with E-state index in [1.165, 1.54) is 4.68 Å².